The molecule has 2 N–H and O–H groups in total. The molecule has 0 radical (unpaired) electrons. The minimum Gasteiger partial charge on any atom is -0.335 e. The van der Waals surface area contributed by atoms with Crippen molar-refractivity contribution in [3.8, 4) is 0 Å². The van der Waals surface area contributed by atoms with Crippen molar-refractivity contribution in [1.29, 1.82) is 0 Å². The van der Waals surface area contributed by atoms with E-state index in [-0.39, 0.29) is 13.0 Å². The lowest BCUT2D eigenvalue weighted by Gasteiger charge is -2.28. The minimum absolute atomic E-state index is 0.211. The fourth-order valence-electron chi connectivity index (χ4n) is 4.11. The first kappa shape index (κ1) is 24.6. The van der Waals surface area contributed by atoms with E-state index >= 15 is 0 Å². The second-order valence-electron chi connectivity index (χ2n) is 8.56. The number of amides is 5. The van der Waals surface area contributed by atoms with Gasteiger partial charge in [0.2, 0.25) is 11.8 Å². The Labute approximate surface area is 207 Å². The smallest absolute Gasteiger partial charge is 0.325 e. The zero-order valence-electron chi connectivity index (χ0n) is 19.6. The van der Waals surface area contributed by atoms with Gasteiger partial charge in [-0.2, -0.15) is 0 Å². The molecule has 0 aromatic heterocycles. The standard InChI is InChI=1S/C27H25FN4O4/c1-31(17-23(33)29-22-14-12-21(28)13-15-22)24(34)18-32-25(35)27(30-26(32)36,20-10-6-3-7-11-20)16-19-8-4-2-5-9-19/h2-15H,16-18H2,1H3,(H,29,33)(H,30,36). The summed E-state index contributed by atoms with van der Waals surface area (Å²) in [6.45, 7) is -0.831. The Kier molecular flexibility index (Phi) is 7.10. The molecule has 1 aliphatic heterocycles. The molecule has 36 heavy (non-hydrogen) atoms. The largest absolute Gasteiger partial charge is 0.335 e. The fraction of sp³-hybridized carbons (Fsp3) is 0.185. The Morgan fingerprint density at radius 2 is 1.56 bits per heavy atom. The van der Waals surface area contributed by atoms with Crippen molar-refractivity contribution in [3.63, 3.8) is 0 Å². The minimum atomic E-state index is -1.36. The summed E-state index contributed by atoms with van der Waals surface area (Å²) in [5.74, 6) is -2.07. The number of nitrogens with one attached hydrogen (secondary N) is 2. The molecule has 4 rings (SSSR count). The monoisotopic (exact) mass is 488 g/mol. The third kappa shape index (κ3) is 5.25. The first-order valence-corrected chi connectivity index (χ1v) is 11.3. The normalized spacial score (nSPS) is 17.0. The number of nitrogens with zero attached hydrogens (tertiary/aromatic N) is 2. The van der Waals surface area contributed by atoms with Crippen molar-refractivity contribution in [1.82, 2.24) is 15.1 Å². The number of halogens is 1. The molecule has 1 unspecified atom stereocenters. The van der Waals surface area contributed by atoms with Gasteiger partial charge in [-0.25, -0.2) is 9.18 Å². The lowest BCUT2D eigenvalue weighted by Crippen LogP contribution is -2.47. The molecule has 9 heteroatoms. The van der Waals surface area contributed by atoms with Crippen molar-refractivity contribution >= 4 is 29.4 Å². The van der Waals surface area contributed by atoms with Gasteiger partial charge in [-0.15, -0.1) is 0 Å². The van der Waals surface area contributed by atoms with Crippen LogP contribution in [0.4, 0.5) is 14.9 Å². The summed E-state index contributed by atoms with van der Waals surface area (Å²) in [5, 5.41) is 5.38. The van der Waals surface area contributed by atoms with Crippen LogP contribution in [-0.4, -0.2) is 53.7 Å². The number of hydrogen-bond acceptors (Lipinski definition) is 4. The van der Waals surface area contributed by atoms with E-state index in [1.54, 1.807) is 24.3 Å². The van der Waals surface area contributed by atoms with E-state index in [2.05, 4.69) is 10.6 Å². The predicted octanol–water partition coefficient (Wildman–Crippen LogP) is 2.91. The lowest BCUT2D eigenvalue weighted by molar-refractivity contribution is -0.139. The summed E-state index contributed by atoms with van der Waals surface area (Å²) in [7, 11) is 1.40. The first-order valence-electron chi connectivity index (χ1n) is 11.3. The highest BCUT2D eigenvalue weighted by atomic mass is 19.1. The number of carbonyl (C=O) groups is 4. The molecule has 0 bridgehead atoms. The van der Waals surface area contributed by atoms with Crippen LogP contribution in [0.25, 0.3) is 0 Å². The van der Waals surface area contributed by atoms with Gasteiger partial charge in [0, 0.05) is 19.2 Å². The second-order valence-corrected chi connectivity index (χ2v) is 8.56. The third-order valence-electron chi connectivity index (χ3n) is 5.98. The van der Waals surface area contributed by atoms with Gasteiger partial charge in [-0.1, -0.05) is 60.7 Å². The summed E-state index contributed by atoms with van der Waals surface area (Å²) < 4.78 is 13.1. The topological polar surface area (TPSA) is 98.8 Å². The number of carbonyl (C=O) groups excluding carboxylic acids is 4. The van der Waals surface area contributed by atoms with Crippen LogP contribution in [0.5, 0.6) is 0 Å². The number of rotatable bonds is 8. The summed E-state index contributed by atoms with van der Waals surface area (Å²) in [6, 6.07) is 22.7. The number of anilines is 1. The van der Waals surface area contributed by atoms with Crippen molar-refractivity contribution in [2.24, 2.45) is 0 Å². The highest BCUT2D eigenvalue weighted by Gasteiger charge is 2.52. The molecular formula is C27H25FN4O4. The number of likely N-dealkylation sites (N-methyl/N-ethyl adjacent to an activating group) is 1. The summed E-state index contributed by atoms with van der Waals surface area (Å²) in [6.07, 6.45) is 0.211. The average Bonchev–Trinajstić information content (AvgIpc) is 3.11. The molecule has 1 fully saturated rings. The zero-order chi connectivity index (χ0) is 25.7. The predicted molar refractivity (Wildman–Crippen MR) is 131 cm³/mol. The van der Waals surface area contributed by atoms with Gasteiger partial charge in [0.15, 0.2) is 5.54 Å². The highest BCUT2D eigenvalue weighted by molar-refractivity contribution is 6.09. The van der Waals surface area contributed by atoms with Gasteiger partial charge in [0.25, 0.3) is 5.91 Å². The van der Waals surface area contributed by atoms with Crippen molar-refractivity contribution in [2.45, 2.75) is 12.0 Å². The van der Waals surface area contributed by atoms with E-state index in [0.29, 0.717) is 11.3 Å². The van der Waals surface area contributed by atoms with Crippen molar-refractivity contribution in [2.75, 3.05) is 25.5 Å². The molecule has 1 atom stereocenters. The maximum atomic E-state index is 13.7. The van der Waals surface area contributed by atoms with Gasteiger partial charge in [-0.3, -0.25) is 19.3 Å². The van der Waals surface area contributed by atoms with Crippen LogP contribution in [-0.2, 0) is 26.3 Å². The van der Waals surface area contributed by atoms with E-state index in [9.17, 15) is 23.6 Å². The molecular weight excluding hydrogens is 463 g/mol. The number of benzene rings is 3. The van der Waals surface area contributed by atoms with Crippen LogP contribution < -0.4 is 10.6 Å². The third-order valence-corrected chi connectivity index (χ3v) is 5.98. The lowest BCUT2D eigenvalue weighted by atomic mass is 9.83. The van der Waals surface area contributed by atoms with Gasteiger partial charge < -0.3 is 15.5 Å². The fourth-order valence-corrected chi connectivity index (χ4v) is 4.11. The van der Waals surface area contributed by atoms with Crippen LogP contribution >= 0.6 is 0 Å². The Hall–Kier alpha value is -4.53. The number of hydrogen-bond donors (Lipinski definition) is 2. The number of imide groups is 1. The summed E-state index contributed by atoms with van der Waals surface area (Å²) in [4.78, 5) is 53.7. The molecule has 1 saturated heterocycles. The van der Waals surface area contributed by atoms with Crippen LogP contribution in [0.3, 0.4) is 0 Å². The summed E-state index contributed by atoms with van der Waals surface area (Å²) >= 11 is 0. The molecule has 0 saturated carbocycles. The molecule has 3 aromatic rings. The van der Waals surface area contributed by atoms with E-state index < -0.39 is 41.7 Å². The van der Waals surface area contributed by atoms with Gasteiger partial charge in [-0.05, 0) is 35.4 Å². The second kappa shape index (κ2) is 10.4. The van der Waals surface area contributed by atoms with Crippen molar-refractivity contribution in [3.05, 3.63) is 102 Å². The Bertz CT molecular complexity index is 1270. The van der Waals surface area contributed by atoms with Gasteiger partial charge in [0.05, 0.1) is 6.54 Å². The zero-order valence-corrected chi connectivity index (χ0v) is 19.6. The Balaban J connectivity index is 1.47. The maximum absolute atomic E-state index is 13.7. The molecule has 1 heterocycles. The van der Waals surface area contributed by atoms with E-state index in [4.69, 9.17) is 0 Å². The SMILES string of the molecule is CN(CC(=O)Nc1ccc(F)cc1)C(=O)CN1C(=O)NC(Cc2ccccc2)(c2ccccc2)C1=O. The van der Waals surface area contributed by atoms with Crippen LogP contribution in [0, 0.1) is 5.82 Å². The quantitative estimate of drug-likeness (QED) is 0.477. The average molecular weight is 489 g/mol. The van der Waals surface area contributed by atoms with Gasteiger partial charge >= 0.3 is 6.03 Å². The van der Waals surface area contributed by atoms with Crippen LogP contribution in [0.2, 0.25) is 0 Å². The van der Waals surface area contributed by atoms with Crippen LogP contribution in [0.15, 0.2) is 84.9 Å². The Morgan fingerprint density at radius 3 is 2.19 bits per heavy atom. The molecule has 184 valence electrons. The van der Waals surface area contributed by atoms with E-state index in [1.807, 2.05) is 36.4 Å². The molecule has 0 aliphatic carbocycles. The molecule has 1 aliphatic rings. The molecule has 0 spiro atoms. The van der Waals surface area contributed by atoms with Crippen molar-refractivity contribution < 1.29 is 23.6 Å². The van der Waals surface area contributed by atoms with Gasteiger partial charge in [0.1, 0.15) is 12.4 Å². The molecule has 3 aromatic carbocycles. The number of urea groups is 1. The molecule has 5 amide bonds. The summed E-state index contributed by atoms with van der Waals surface area (Å²) in [5.41, 5.74) is 0.468. The Morgan fingerprint density at radius 1 is 0.944 bits per heavy atom. The van der Waals surface area contributed by atoms with Crippen LogP contribution in [0.1, 0.15) is 11.1 Å². The first-order chi connectivity index (χ1) is 17.3. The van der Waals surface area contributed by atoms with E-state index in [1.165, 1.54) is 31.3 Å². The highest BCUT2D eigenvalue weighted by Crippen LogP contribution is 2.33. The molecule has 8 nitrogen and oxygen atoms in total. The van der Waals surface area contributed by atoms with E-state index in [0.717, 1.165) is 15.4 Å². The maximum Gasteiger partial charge on any atom is 0.325 e.